The fourth-order valence-corrected chi connectivity index (χ4v) is 2.06. The van der Waals surface area contributed by atoms with Gasteiger partial charge >= 0.3 is 0 Å². The van der Waals surface area contributed by atoms with Crippen LogP contribution in [0, 0.1) is 0 Å². The summed E-state index contributed by atoms with van der Waals surface area (Å²) in [5.74, 6) is -0.00960. The summed E-state index contributed by atoms with van der Waals surface area (Å²) in [6.45, 7) is 2.87. The lowest BCUT2D eigenvalue weighted by Gasteiger charge is -2.31. The number of aromatic amines is 1. The van der Waals surface area contributed by atoms with Gasteiger partial charge in [-0.05, 0) is 12.8 Å². The van der Waals surface area contributed by atoms with Crippen LogP contribution in [0.25, 0.3) is 0 Å². The number of likely N-dealkylation sites (tertiary alicyclic amines) is 1. The number of carbonyl (C=O) groups is 2. The van der Waals surface area contributed by atoms with Crippen LogP contribution < -0.4 is 5.32 Å². The van der Waals surface area contributed by atoms with Crippen LogP contribution >= 0.6 is 0 Å². The number of carbonyl (C=O) groups excluding carboxylic acids is 2. The average molecular weight is 236 g/mol. The number of H-pyrrole nitrogens is 1. The molecule has 1 aromatic heterocycles. The van der Waals surface area contributed by atoms with E-state index in [1.54, 1.807) is 11.1 Å². The van der Waals surface area contributed by atoms with Gasteiger partial charge in [0.25, 0.3) is 5.91 Å². The highest BCUT2D eigenvalue weighted by Gasteiger charge is 2.24. The van der Waals surface area contributed by atoms with E-state index in [4.69, 9.17) is 0 Å². The summed E-state index contributed by atoms with van der Waals surface area (Å²) in [6, 6.07) is 0.195. The van der Waals surface area contributed by atoms with Gasteiger partial charge in [-0.15, -0.1) is 0 Å². The zero-order valence-electron chi connectivity index (χ0n) is 9.77. The van der Waals surface area contributed by atoms with Gasteiger partial charge < -0.3 is 10.2 Å². The first kappa shape index (κ1) is 11.6. The molecule has 0 bridgehead atoms. The van der Waals surface area contributed by atoms with Gasteiger partial charge in [0.1, 0.15) is 0 Å². The summed E-state index contributed by atoms with van der Waals surface area (Å²) < 4.78 is 0. The maximum Gasteiger partial charge on any atom is 0.257 e. The average Bonchev–Trinajstić information content (AvgIpc) is 2.82. The molecule has 2 heterocycles. The maximum atomic E-state index is 12.0. The summed E-state index contributed by atoms with van der Waals surface area (Å²) in [4.78, 5) is 24.7. The normalized spacial score (nSPS) is 16.9. The number of rotatable bonds is 2. The number of amides is 2. The molecule has 1 aliphatic heterocycles. The topological polar surface area (TPSA) is 78.1 Å². The molecule has 1 aromatic rings. The monoisotopic (exact) mass is 236 g/mol. The molecular formula is C11H16N4O2. The van der Waals surface area contributed by atoms with Crippen molar-refractivity contribution < 1.29 is 9.59 Å². The molecule has 0 saturated carbocycles. The highest BCUT2D eigenvalue weighted by atomic mass is 16.2. The smallest absolute Gasteiger partial charge is 0.257 e. The molecule has 0 spiro atoms. The van der Waals surface area contributed by atoms with Crippen molar-refractivity contribution >= 4 is 11.8 Å². The lowest BCUT2D eigenvalue weighted by atomic mass is 10.0. The molecule has 0 radical (unpaired) electrons. The lowest BCUT2D eigenvalue weighted by molar-refractivity contribution is -0.119. The van der Waals surface area contributed by atoms with Crippen LogP contribution in [0.15, 0.2) is 12.4 Å². The Morgan fingerprint density at radius 1 is 1.47 bits per heavy atom. The molecule has 6 heteroatoms. The third-order valence-electron chi connectivity index (χ3n) is 2.93. The molecule has 1 fully saturated rings. The highest BCUT2D eigenvalue weighted by molar-refractivity contribution is 5.93. The van der Waals surface area contributed by atoms with Crippen molar-refractivity contribution in [3.8, 4) is 0 Å². The van der Waals surface area contributed by atoms with Crippen LogP contribution in [0.2, 0.25) is 0 Å². The minimum absolute atomic E-state index is 0.0000231. The Hall–Kier alpha value is -1.85. The predicted molar refractivity (Wildman–Crippen MR) is 61.3 cm³/mol. The first-order chi connectivity index (χ1) is 8.16. The van der Waals surface area contributed by atoms with E-state index >= 15 is 0 Å². The van der Waals surface area contributed by atoms with Gasteiger partial charge in [-0.2, -0.15) is 5.10 Å². The third kappa shape index (κ3) is 2.83. The molecule has 0 aliphatic carbocycles. The molecule has 0 unspecified atom stereocenters. The van der Waals surface area contributed by atoms with Gasteiger partial charge in [-0.25, -0.2) is 0 Å². The predicted octanol–water partition coefficient (Wildman–Crippen LogP) is 0.150. The minimum atomic E-state index is -0.00962. The Kier molecular flexibility index (Phi) is 3.41. The van der Waals surface area contributed by atoms with Gasteiger partial charge in [0.15, 0.2) is 0 Å². The Bertz CT molecular complexity index is 394. The largest absolute Gasteiger partial charge is 0.353 e. The van der Waals surface area contributed by atoms with Gasteiger partial charge in [-0.3, -0.25) is 14.7 Å². The van der Waals surface area contributed by atoms with Crippen LogP contribution in [0.4, 0.5) is 0 Å². The third-order valence-corrected chi connectivity index (χ3v) is 2.93. The van der Waals surface area contributed by atoms with Crippen LogP contribution in [0.1, 0.15) is 30.1 Å². The van der Waals surface area contributed by atoms with E-state index in [2.05, 4.69) is 15.5 Å². The molecule has 2 amide bonds. The van der Waals surface area contributed by atoms with E-state index in [1.807, 2.05) is 0 Å². The standard InChI is InChI=1S/C11H16N4O2/c1-8(16)14-10-2-4-15(5-3-10)11(17)9-6-12-13-7-9/h6-7,10H,2-5H2,1H3,(H,12,13)(H,14,16). The summed E-state index contributed by atoms with van der Waals surface area (Å²) in [5.41, 5.74) is 0.586. The van der Waals surface area contributed by atoms with Crippen LogP contribution in [0.5, 0.6) is 0 Å². The van der Waals surface area contributed by atoms with Gasteiger partial charge in [0.2, 0.25) is 5.91 Å². The van der Waals surface area contributed by atoms with E-state index in [0.717, 1.165) is 12.8 Å². The summed E-state index contributed by atoms with van der Waals surface area (Å²) in [6.07, 6.45) is 4.75. The van der Waals surface area contributed by atoms with E-state index in [-0.39, 0.29) is 17.9 Å². The lowest BCUT2D eigenvalue weighted by Crippen LogP contribution is -2.46. The molecule has 1 aliphatic rings. The number of hydrogen-bond acceptors (Lipinski definition) is 3. The van der Waals surface area contributed by atoms with Crippen molar-refractivity contribution in [2.24, 2.45) is 0 Å². The Morgan fingerprint density at radius 3 is 2.71 bits per heavy atom. The van der Waals surface area contributed by atoms with Crippen LogP contribution in [-0.4, -0.2) is 46.0 Å². The van der Waals surface area contributed by atoms with E-state index < -0.39 is 0 Å². The fourth-order valence-electron chi connectivity index (χ4n) is 2.06. The minimum Gasteiger partial charge on any atom is -0.353 e. The number of piperidine rings is 1. The second kappa shape index (κ2) is 4.99. The zero-order chi connectivity index (χ0) is 12.3. The SMILES string of the molecule is CC(=O)NC1CCN(C(=O)c2cn[nH]c2)CC1. The Morgan fingerprint density at radius 2 is 2.18 bits per heavy atom. The summed E-state index contributed by atoms with van der Waals surface area (Å²) in [5, 5.41) is 9.27. The quantitative estimate of drug-likeness (QED) is 0.767. The molecule has 2 rings (SSSR count). The van der Waals surface area contributed by atoms with Crippen molar-refractivity contribution in [3.05, 3.63) is 18.0 Å². The fraction of sp³-hybridized carbons (Fsp3) is 0.545. The van der Waals surface area contributed by atoms with E-state index in [0.29, 0.717) is 18.7 Å². The summed E-state index contributed by atoms with van der Waals surface area (Å²) in [7, 11) is 0. The molecule has 1 saturated heterocycles. The molecular weight excluding hydrogens is 220 g/mol. The molecule has 92 valence electrons. The maximum absolute atomic E-state index is 12.0. The molecule has 17 heavy (non-hydrogen) atoms. The second-order valence-corrected chi connectivity index (χ2v) is 4.25. The highest BCUT2D eigenvalue weighted by Crippen LogP contribution is 2.13. The van der Waals surface area contributed by atoms with Crippen molar-refractivity contribution in [2.45, 2.75) is 25.8 Å². The Labute approximate surface area is 99.4 Å². The Balaban J connectivity index is 1.87. The number of hydrogen-bond donors (Lipinski definition) is 2. The van der Waals surface area contributed by atoms with Gasteiger partial charge in [0, 0.05) is 32.3 Å². The van der Waals surface area contributed by atoms with Crippen LogP contribution in [-0.2, 0) is 4.79 Å². The van der Waals surface area contributed by atoms with Crippen molar-refractivity contribution in [2.75, 3.05) is 13.1 Å². The first-order valence-corrected chi connectivity index (χ1v) is 5.72. The molecule has 0 aromatic carbocycles. The zero-order valence-corrected chi connectivity index (χ0v) is 9.77. The number of nitrogens with zero attached hydrogens (tertiary/aromatic N) is 2. The van der Waals surface area contributed by atoms with Crippen LogP contribution in [0.3, 0.4) is 0 Å². The van der Waals surface area contributed by atoms with Crippen molar-refractivity contribution in [1.82, 2.24) is 20.4 Å². The van der Waals surface area contributed by atoms with Gasteiger partial charge in [0.05, 0.1) is 11.8 Å². The van der Waals surface area contributed by atoms with E-state index in [1.165, 1.54) is 13.1 Å². The van der Waals surface area contributed by atoms with Gasteiger partial charge in [-0.1, -0.05) is 0 Å². The number of aromatic nitrogens is 2. The molecule has 0 atom stereocenters. The number of nitrogens with one attached hydrogen (secondary N) is 2. The molecule has 2 N–H and O–H groups in total. The summed E-state index contributed by atoms with van der Waals surface area (Å²) >= 11 is 0. The molecule has 6 nitrogen and oxygen atoms in total. The van der Waals surface area contributed by atoms with E-state index in [9.17, 15) is 9.59 Å². The van der Waals surface area contributed by atoms with Crippen molar-refractivity contribution in [1.29, 1.82) is 0 Å². The first-order valence-electron chi connectivity index (χ1n) is 5.72. The second-order valence-electron chi connectivity index (χ2n) is 4.25. The van der Waals surface area contributed by atoms with Crippen molar-refractivity contribution in [3.63, 3.8) is 0 Å².